The molecular weight excluding hydrogens is 173 g/mol. The lowest BCUT2D eigenvalue weighted by molar-refractivity contribution is 0.239. The Morgan fingerprint density at radius 2 is 2.08 bits per heavy atom. The first-order valence-electron chi connectivity index (χ1n) is 4.37. The topological polar surface area (TPSA) is 29.5 Å². The molecule has 0 rings (SSSR count). The zero-order chi connectivity index (χ0) is 9.56. The highest BCUT2D eigenvalue weighted by Crippen LogP contribution is 2.14. The molecule has 0 fully saturated rings. The van der Waals surface area contributed by atoms with Crippen molar-refractivity contribution in [2.45, 2.75) is 26.3 Å². The van der Waals surface area contributed by atoms with E-state index in [9.17, 15) is 4.57 Å². The average molecular weight is 193 g/mol. The lowest BCUT2D eigenvalue weighted by Crippen LogP contribution is -2.27. The summed E-state index contributed by atoms with van der Waals surface area (Å²) >= 11 is 0. The molecule has 12 heavy (non-hydrogen) atoms. The molecule has 0 heterocycles. The molecule has 0 saturated carbocycles. The molecule has 0 aliphatic rings. The molecule has 0 N–H and O–H groups in total. The normalized spacial score (nSPS) is 14.2. The molecule has 0 saturated heterocycles. The first-order valence-corrected chi connectivity index (χ1v) is 6.19. The largest absolute Gasteiger partial charge is 0.331 e. The van der Waals surface area contributed by atoms with Gasteiger partial charge in [0.1, 0.15) is 0 Å². The van der Waals surface area contributed by atoms with Crippen molar-refractivity contribution in [2.24, 2.45) is 0 Å². The van der Waals surface area contributed by atoms with Crippen molar-refractivity contribution in [2.75, 3.05) is 26.9 Å². The summed E-state index contributed by atoms with van der Waals surface area (Å²) in [6.45, 7) is 7.56. The van der Waals surface area contributed by atoms with Gasteiger partial charge in [0.2, 0.25) is 0 Å². The van der Waals surface area contributed by atoms with Crippen LogP contribution >= 0.6 is 8.03 Å². The maximum Gasteiger partial charge on any atom is 0.188 e. The van der Waals surface area contributed by atoms with Gasteiger partial charge in [0.25, 0.3) is 0 Å². The van der Waals surface area contributed by atoms with Crippen molar-refractivity contribution in [1.29, 1.82) is 0 Å². The molecule has 0 aliphatic carbocycles. The van der Waals surface area contributed by atoms with E-state index in [1.807, 2.05) is 0 Å². The smallest absolute Gasteiger partial charge is 0.188 e. The quantitative estimate of drug-likeness (QED) is 0.476. The summed E-state index contributed by atoms with van der Waals surface area (Å²) in [4.78, 5) is 2.25. The van der Waals surface area contributed by atoms with Crippen LogP contribution in [0.4, 0.5) is 0 Å². The van der Waals surface area contributed by atoms with E-state index in [0.29, 0.717) is 12.6 Å². The second-order valence-electron chi connectivity index (χ2n) is 3.27. The minimum Gasteiger partial charge on any atom is -0.331 e. The van der Waals surface area contributed by atoms with Crippen molar-refractivity contribution in [3.05, 3.63) is 0 Å². The van der Waals surface area contributed by atoms with Crippen molar-refractivity contribution >= 4 is 8.03 Å². The molecule has 0 amide bonds. The molecule has 1 unspecified atom stereocenters. The molecule has 0 aromatic carbocycles. The molecule has 4 heteroatoms. The summed E-state index contributed by atoms with van der Waals surface area (Å²) in [5.74, 6) is 0. The van der Waals surface area contributed by atoms with Gasteiger partial charge in [-0.15, -0.1) is 0 Å². The molecule has 0 aromatic rings. The summed E-state index contributed by atoms with van der Waals surface area (Å²) < 4.78 is 15.6. The Bertz CT molecular complexity index is 139. The van der Waals surface area contributed by atoms with Crippen LogP contribution < -0.4 is 0 Å². The third-order valence-corrected chi connectivity index (χ3v) is 2.45. The Hall–Kier alpha value is 0.150. The monoisotopic (exact) mass is 193 g/mol. The van der Waals surface area contributed by atoms with Gasteiger partial charge in [0, 0.05) is 19.3 Å². The summed E-state index contributed by atoms with van der Waals surface area (Å²) in [6.07, 6.45) is 0.957. The minimum atomic E-state index is -1.72. The molecule has 74 valence electrons. The molecule has 3 nitrogen and oxygen atoms in total. The van der Waals surface area contributed by atoms with E-state index in [1.165, 1.54) is 0 Å². The van der Waals surface area contributed by atoms with Gasteiger partial charge >= 0.3 is 0 Å². The van der Waals surface area contributed by atoms with Gasteiger partial charge in [-0.25, -0.2) is 0 Å². The molecule has 0 aromatic heterocycles. The van der Waals surface area contributed by atoms with E-state index < -0.39 is 8.03 Å². The molecular formula is C8H20NO2P. The van der Waals surface area contributed by atoms with Gasteiger partial charge in [-0.1, -0.05) is 0 Å². The third kappa shape index (κ3) is 6.84. The number of nitrogens with zero attached hydrogens (tertiary/aromatic N) is 1. The second kappa shape index (κ2) is 6.64. The summed E-state index contributed by atoms with van der Waals surface area (Å²) in [7, 11) is 0.362. The summed E-state index contributed by atoms with van der Waals surface area (Å²) in [5.41, 5.74) is 0. The van der Waals surface area contributed by atoms with Crippen molar-refractivity contribution < 1.29 is 9.09 Å². The van der Waals surface area contributed by atoms with E-state index in [0.717, 1.165) is 13.0 Å². The van der Waals surface area contributed by atoms with E-state index >= 15 is 0 Å². The van der Waals surface area contributed by atoms with E-state index in [-0.39, 0.29) is 0 Å². The van der Waals surface area contributed by atoms with Crippen molar-refractivity contribution in [3.63, 3.8) is 0 Å². The predicted molar refractivity (Wildman–Crippen MR) is 53.3 cm³/mol. The fourth-order valence-electron chi connectivity index (χ4n) is 0.788. The lowest BCUT2D eigenvalue weighted by Gasteiger charge is -2.20. The zero-order valence-electron chi connectivity index (χ0n) is 8.46. The van der Waals surface area contributed by atoms with E-state index in [1.54, 1.807) is 6.66 Å². The first-order chi connectivity index (χ1) is 5.54. The standard InChI is InChI=1S/C8H20NO2P/c1-8(2)9(3)6-5-7-11-12(4)10/h8,12H,5-7H2,1-4H3. The van der Waals surface area contributed by atoms with Crippen molar-refractivity contribution in [1.82, 2.24) is 4.90 Å². The molecule has 1 atom stereocenters. The van der Waals surface area contributed by atoms with Gasteiger partial charge in [-0.3, -0.25) is 4.57 Å². The highest BCUT2D eigenvalue weighted by atomic mass is 31.1. The van der Waals surface area contributed by atoms with Crippen LogP contribution in [0.15, 0.2) is 0 Å². The van der Waals surface area contributed by atoms with Gasteiger partial charge in [-0.05, 0) is 27.3 Å². The summed E-state index contributed by atoms with van der Waals surface area (Å²) in [6, 6.07) is 0.573. The molecule has 0 aliphatic heterocycles. The fraction of sp³-hybridized carbons (Fsp3) is 1.00. The van der Waals surface area contributed by atoms with Gasteiger partial charge in [0.15, 0.2) is 8.03 Å². The fourth-order valence-corrected chi connectivity index (χ4v) is 1.22. The second-order valence-corrected chi connectivity index (χ2v) is 4.54. The summed E-state index contributed by atoms with van der Waals surface area (Å²) in [5, 5.41) is 0. The van der Waals surface area contributed by atoms with Crippen LogP contribution in [0.5, 0.6) is 0 Å². The molecule has 0 spiro atoms. The van der Waals surface area contributed by atoms with Crippen LogP contribution in [-0.2, 0) is 9.09 Å². The Labute approximate surface area is 76.0 Å². The highest BCUT2D eigenvalue weighted by molar-refractivity contribution is 7.38. The average Bonchev–Trinajstić information content (AvgIpc) is 1.97. The maximum absolute atomic E-state index is 10.6. The van der Waals surface area contributed by atoms with Gasteiger partial charge < -0.3 is 9.42 Å². The number of hydrogen-bond acceptors (Lipinski definition) is 3. The van der Waals surface area contributed by atoms with Gasteiger partial charge in [0.05, 0.1) is 6.61 Å². The Morgan fingerprint density at radius 1 is 1.50 bits per heavy atom. The van der Waals surface area contributed by atoms with Crippen LogP contribution in [0, 0.1) is 0 Å². The number of hydrogen-bond donors (Lipinski definition) is 0. The van der Waals surface area contributed by atoms with E-state index in [4.69, 9.17) is 4.52 Å². The Kier molecular flexibility index (Phi) is 6.73. The SMILES string of the molecule is CC(C)N(C)CCCO[PH](C)=O. The van der Waals surface area contributed by atoms with Crippen LogP contribution in [0.3, 0.4) is 0 Å². The predicted octanol–water partition coefficient (Wildman–Crippen LogP) is 1.84. The van der Waals surface area contributed by atoms with Crippen LogP contribution in [0.2, 0.25) is 0 Å². The Balaban J connectivity index is 3.25. The maximum atomic E-state index is 10.6. The zero-order valence-corrected chi connectivity index (χ0v) is 9.46. The van der Waals surface area contributed by atoms with Crippen LogP contribution in [0.25, 0.3) is 0 Å². The minimum absolute atomic E-state index is 0.573. The highest BCUT2D eigenvalue weighted by Gasteiger charge is 2.01. The Morgan fingerprint density at radius 3 is 2.50 bits per heavy atom. The van der Waals surface area contributed by atoms with Crippen LogP contribution in [-0.4, -0.2) is 37.8 Å². The third-order valence-electron chi connectivity index (χ3n) is 1.84. The molecule has 0 radical (unpaired) electrons. The molecule has 0 bridgehead atoms. The number of rotatable bonds is 6. The lowest BCUT2D eigenvalue weighted by atomic mass is 10.3. The van der Waals surface area contributed by atoms with Gasteiger partial charge in [-0.2, -0.15) is 0 Å². The van der Waals surface area contributed by atoms with Crippen molar-refractivity contribution in [3.8, 4) is 0 Å². The van der Waals surface area contributed by atoms with E-state index in [2.05, 4.69) is 25.8 Å². The van der Waals surface area contributed by atoms with Crippen LogP contribution in [0.1, 0.15) is 20.3 Å². The first kappa shape index (κ1) is 12.2.